The van der Waals surface area contributed by atoms with Crippen LogP contribution in [0.4, 0.5) is 0 Å². The molecule has 0 saturated heterocycles. The maximum atomic E-state index is 6.91. The zero-order valence-electron chi connectivity index (χ0n) is 8.08. The van der Waals surface area contributed by atoms with Crippen molar-refractivity contribution < 1.29 is 10.4 Å². The largest absolute Gasteiger partial charge is 0.326 e. The van der Waals surface area contributed by atoms with Crippen LogP contribution < -0.4 is 5.50 Å². The second kappa shape index (κ2) is 23.8. The van der Waals surface area contributed by atoms with E-state index in [9.17, 15) is 0 Å². The summed E-state index contributed by atoms with van der Waals surface area (Å²) in [5.41, 5.74) is 5.40. The highest BCUT2D eigenvalue weighted by Crippen LogP contribution is 2.26. The summed E-state index contributed by atoms with van der Waals surface area (Å²) in [7, 11) is 0.408. The molecular weight excluding hydrogens is 209 g/mol. The van der Waals surface area contributed by atoms with E-state index in [-0.39, 0.29) is 29.7 Å². The van der Waals surface area contributed by atoms with E-state index in [4.69, 9.17) is 15.9 Å². The van der Waals surface area contributed by atoms with Crippen molar-refractivity contribution in [3.8, 4) is 0 Å². The molecular formula is C11H34NO2P. The zero-order valence-corrected chi connectivity index (χ0v) is 7.98. The number of rotatable bonds is 7. The molecule has 15 heavy (non-hydrogen) atoms. The van der Waals surface area contributed by atoms with Gasteiger partial charge in [-0.15, -0.1) is 0 Å². The van der Waals surface area contributed by atoms with Gasteiger partial charge in [-0.25, -0.2) is 0 Å². The number of unbranched alkanes of at least 4 members (excludes halogenated alkanes) is 3. The number of nitrogens with two attached hydrogens (primary N) is 1. The van der Waals surface area contributed by atoms with E-state index in [1.165, 1.54) is 0 Å². The van der Waals surface area contributed by atoms with Gasteiger partial charge in [-0.05, 0) is 6.42 Å². The van der Waals surface area contributed by atoms with Gasteiger partial charge < -0.3 is 9.05 Å². The molecule has 3 nitrogen and oxygen atoms in total. The van der Waals surface area contributed by atoms with Crippen LogP contribution in [0.5, 0.6) is 0 Å². The summed E-state index contributed by atoms with van der Waals surface area (Å²) in [4.78, 5) is 0. The summed E-state index contributed by atoms with van der Waals surface area (Å²) in [5.74, 6) is 0. The van der Waals surface area contributed by atoms with Gasteiger partial charge in [-0.2, -0.15) is 0 Å². The van der Waals surface area contributed by atoms with Gasteiger partial charge in [0.1, 0.15) is 0 Å². The molecule has 4 heteroatoms. The summed E-state index contributed by atoms with van der Waals surface area (Å²) in [6, 6.07) is 0. The minimum Gasteiger partial charge on any atom is -0.326 e. The quantitative estimate of drug-likeness (QED) is 0.508. The zero-order chi connectivity index (χ0) is 9.23. The summed E-state index contributed by atoms with van der Waals surface area (Å²) in [6.45, 7) is 1.20. The van der Waals surface area contributed by atoms with Crippen LogP contribution in [-0.4, -0.2) is 13.7 Å². The van der Waals surface area contributed by atoms with Gasteiger partial charge >= 0.3 is 0 Å². The molecule has 0 aliphatic carbocycles. The highest BCUT2D eigenvalue weighted by molar-refractivity contribution is 7.44. The lowest BCUT2D eigenvalue weighted by Crippen LogP contribution is -1.97. The average Bonchev–Trinajstić information content (AvgIpc) is 2.10. The molecule has 100 valence electrons. The molecule has 0 heterocycles. The Hall–Kier alpha value is 0.310. The molecule has 0 spiro atoms. The van der Waals surface area contributed by atoms with E-state index in [0.717, 1.165) is 25.7 Å². The van der Waals surface area contributed by atoms with Gasteiger partial charge in [0.2, 0.25) is 0 Å². The lowest BCUT2D eigenvalue weighted by molar-refractivity contribution is 0.276. The van der Waals surface area contributed by atoms with E-state index in [1.807, 2.05) is 0 Å². The van der Waals surface area contributed by atoms with Gasteiger partial charge in [0.05, 0.1) is 6.61 Å². The summed E-state index contributed by atoms with van der Waals surface area (Å²) in [5, 5.41) is 0. The highest BCUT2D eigenvalue weighted by Gasteiger charge is 1.98. The fourth-order valence-electron chi connectivity index (χ4n) is 0.663. The van der Waals surface area contributed by atoms with Gasteiger partial charge in [0.25, 0.3) is 8.53 Å². The van der Waals surface area contributed by atoms with E-state index in [1.54, 1.807) is 7.11 Å². The molecule has 0 aliphatic rings. The summed E-state index contributed by atoms with van der Waals surface area (Å²) < 4.78 is 16.8. The third-order valence-corrected chi connectivity index (χ3v) is 2.09. The molecule has 0 bridgehead atoms. The predicted molar refractivity (Wildman–Crippen MR) is 75.1 cm³/mol. The fraction of sp³-hybridized carbons (Fsp3) is 1.00. The first-order valence-corrected chi connectivity index (χ1v) is 5.07. The van der Waals surface area contributed by atoms with Crippen molar-refractivity contribution in [2.75, 3.05) is 13.7 Å². The molecule has 0 aromatic rings. The highest BCUT2D eigenvalue weighted by atomic mass is 31.2. The van der Waals surface area contributed by atoms with Crippen LogP contribution in [0, 0.1) is 0 Å². The Bertz CT molecular complexity index is 100. The second-order valence-corrected chi connectivity index (χ2v) is 3.41. The van der Waals surface area contributed by atoms with Gasteiger partial charge in [-0.3, -0.25) is 5.50 Å². The van der Waals surface area contributed by atoms with Crippen LogP contribution in [0.15, 0.2) is 0 Å². The Morgan fingerprint density at radius 3 is 2.20 bits per heavy atom. The Morgan fingerprint density at radius 2 is 1.73 bits per heavy atom. The van der Waals surface area contributed by atoms with Crippen molar-refractivity contribution in [3.05, 3.63) is 0 Å². The van der Waals surface area contributed by atoms with Crippen LogP contribution >= 0.6 is 8.53 Å². The number of hydrogen-bond acceptors (Lipinski definition) is 3. The van der Waals surface area contributed by atoms with Crippen molar-refractivity contribution in [2.45, 2.75) is 62.3 Å². The molecule has 0 radical (unpaired) electrons. The Labute approximate surface area is 101 Å². The SMILES string of the molecule is C.C.C.C.[2H]CCCCCCOP(N)OC. The molecule has 2 N–H and O–H groups in total. The minimum atomic E-state index is -1.14. The van der Waals surface area contributed by atoms with Gasteiger partial charge in [0, 0.05) is 8.48 Å². The minimum absolute atomic E-state index is 0. The van der Waals surface area contributed by atoms with Crippen LogP contribution in [0.1, 0.15) is 63.7 Å². The van der Waals surface area contributed by atoms with Gasteiger partial charge in [0.15, 0.2) is 0 Å². The third-order valence-electron chi connectivity index (χ3n) is 1.29. The number of hydrogen-bond donors (Lipinski definition) is 1. The van der Waals surface area contributed by atoms with Gasteiger partial charge in [-0.1, -0.05) is 55.9 Å². The first kappa shape index (κ1) is 24.5. The molecule has 0 aliphatic heterocycles. The van der Waals surface area contributed by atoms with E-state index in [0.29, 0.717) is 13.5 Å². The molecule has 0 fully saturated rings. The summed E-state index contributed by atoms with van der Waals surface area (Å²) >= 11 is 0. The lowest BCUT2D eigenvalue weighted by atomic mass is 10.2. The smallest absolute Gasteiger partial charge is 0.252 e. The van der Waals surface area contributed by atoms with Crippen LogP contribution in [0.2, 0.25) is 0 Å². The Morgan fingerprint density at radius 1 is 1.13 bits per heavy atom. The van der Waals surface area contributed by atoms with Crippen LogP contribution in [-0.2, 0) is 9.05 Å². The van der Waals surface area contributed by atoms with Crippen molar-refractivity contribution in [1.82, 2.24) is 0 Å². The topological polar surface area (TPSA) is 44.5 Å². The Balaban J connectivity index is -0.000000101. The van der Waals surface area contributed by atoms with E-state index < -0.39 is 8.53 Å². The fourth-order valence-corrected chi connectivity index (χ4v) is 1.08. The molecule has 0 aromatic heterocycles. The third kappa shape index (κ3) is 25.0. The van der Waals surface area contributed by atoms with E-state index >= 15 is 0 Å². The molecule has 1 atom stereocenters. The monoisotopic (exact) mass is 244 g/mol. The molecule has 1 unspecified atom stereocenters. The molecule has 0 saturated carbocycles. The summed E-state index contributed by atoms with van der Waals surface area (Å²) in [6.07, 6.45) is 4.23. The first-order valence-electron chi connectivity index (χ1n) is 4.53. The van der Waals surface area contributed by atoms with Crippen molar-refractivity contribution >= 4 is 8.53 Å². The average molecular weight is 244 g/mol. The second-order valence-electron chi connectivity index (χ2n) is 2.22. The van der Waals surface area contributed by atoms with Crippen molar-refractivity contribution in [2.24, 2.45) is 5.50 Å². The van der Waals surface area contributed by atoms with Crippen molar-refractivity contribution in [1.29, 1.82) is 0 Å². The lowest BCUT2D eigenvalue weighted by Gasteiger charge is -2.07. The molecule has 0 aromatic carbocycles. The maximum Gasteiger partial charge on any atom is 0.252 e. The first-order chi connectivity index (χ1) is 5.81. The van der Waals surface area contributed by atoms with Crippen LogP contribution in [0.3, 0.4) is 0 Å². The van der Waals surface area contributed by atoms with E-state index in [2.05, 4.69) is 0 Å². The Kier molecular flexibility index (Phi) is 39.0. The standard InChI is InChI=1S/C7H18NO2P.4CH4/c1-3-4-5-6-7-10-11(8)9-2;;;;/h3-8H2,1-2H3;4*1H4/i1D;;;;. The normalized spacial score (nSPS) is 10.7. The molecule has 0 amide bonds. The van der Waals surface area contributed by atoms with Crippen LogP contribution in [0.25, 0.3) is 0 Å². The molecule has 0 rings (SSSR count). The van der Waals surface area contributed by atoms with Crippen molar-refractivity contribution in [3.63, 3.8) is 0 Å². The predicted octanol–water partition coefficient (Wildman–Crippen LogP) is 4.96. The maximum absolute atomic E-state index is 6.91.